The predicted octanol–water partition coefficient (Wildman–Crippen LogP) is 3.84. The van der Waals surface area contributed by atoms with Gasteiger partial charge in [0.15, 0.2) is 0 Å². The van der Waals surface area contributed by atoms with Crippen LogP contribution < -0.4 is 16.4 Å². The number of nitrogens with zero attached hydrogens (tertiary/aromatic N) is 3. The number of carbonyl (C=O) groups excluding carboxylic acids is 1. The van der Waals surface area contributed by atoms with Gasteiger partial charge in [0.25, 0.3) is 0 Å². The Morgan fingerprint density at radius 2 is 1.84 bits per heavy atom. The smallest absolute Gasteiger partial charge is 0.241 e. The van der Waals surface area contributed by atoms with Gasteiger partial charge in [-0.05, 0) is 55.4 Å². The lowest BCUT2D eigenvalue weighted by molar-refractivity contribution is -0.122. The van der Waals surface area contributed by atoms with E-state index in [0.717, 1.165) is 43.1 Å². The van der Waals surface area contributed by atoms with Gasteiger partial charge in [-0.25, -0.2) is 19.3 Å². The van der Waals surface area contributed by atoms with Gasteiger partial charge in [-0.1, -0.05) is 30.3 Å². The molecule has 1 amide bonds. The molecular formula is C24H27FN6O. The highest BCUT2D eigenvalue weighted by atomic mass is 19.1. The Morgan fingerprint density at radius 3 is 2.56 bits per heavy atom. The van der Waals surface area contributed by atoms with Crippen LogP contribution >= 0.6 is 0 Å². The van der Waals surface area contributed by atoms with Crippen molar-refractivity contribution in [2.75, 3.05) is 11.9 Å². The third-order valence-electron chi connectivity index (χ3n) is 5.92. The van der Waals surface area contributed by atoms with Crippen molar-refractivity contribution >= 4 is 17.7 Å². The van der Waals surface area contributed by atoms with Crippen LogP contribution in [-0.2, 0) is 4.79 Å². The standard InChI is InChI=1S/C24H27FN6O/c25-19-10-11-21(28-15-19)31-24-27-13-12-20(30-24)17-8-6-16(7-9-17)14-29-23(32)22(26)18-4-2-1-3-5-18/h1-5,10-13,15-17,22H,6-9,14,26H2,(H,29,32)(H,27,28,30,31)/t16?,17?,22-/m1/s1. The fourth-order valence-electron chi connectivity index (χ4n) is 4.05. The van der Waals surface area contributed by atoms with E-state index in [1.807, 2.05) is 36.4 Å². The summed E-state index contributed by atoms with van der Waals surface area (Å²) in [6.45, 7) is 0.638. The number of benzene rings is 1. The predicted molar refractivity (Wildman–Crippen MR) is 121 cm³/mol. The van der Waals surface area contributed by atoms with Gasteiger partial charge in [0, 0.05) is 24.4 Å². The first-order chi connectivity index (χ1) is 15.6. The second kappa shape index (κ2) is 10.3. The van der Waals surface area contributed by atoms with Crippen molar-refractivity contribution in [2.24, 2.45) is 11.7 Å². The summed E-state index contributed by atoms with van der Waals surface area (Å²) in [5.41, 5.74) is 7.88. The second-order valence-electron chi connectivity index (χ2n) is 8.14. The molecule has 2 heterocycles. The number of halogens is 1. The molecule has 4 rings (SSSR count). The molecule has 8 heteroatoms. The Morgan fingerprint density at radius 1 is 1.06 bits per heavy atom. The Kier molecular flexibility index (Phi) is 7.01. The molecule has 7 nitrogen and oxygen atoms in total. The molecule has 1 aliphatic rings. The van der Waals surface area contributed by atoms with Crippen molar-refractivity contribution in [2.45, 2.75) is 37.6 Å². The van der Waals surface area contributed by atoms with Crippen LogP contribution in [0.1, 0.15) is 48.9 Å². The molecule has 0 bridgehead atoms. The molecule has 3 aromatic rings. The molecule has 1 fully saturated rings. The van der Waals surface area contributed by atoms with E-state index in [4.69, 9.17) is 5.73 Å². The minimum absolute atomic E-state index is 0.140. The first-order valence-corrected chi connectivity index (χ1v) is 10.9. The van der Waals surface area contributed by atoms with E-state index in [-0.39, 0.29) is 11.7 Å². The van der Waals surface area contributed by atoms with E-state index in [9.17, 15) is 9.18 Å². The van der Waals surface area contributed by atoms with Gasteiger partial charge in [-0.3, -0.25) is 4.79 Å². The summed E-state index contributed by atoms with van der Waals surface area (Å²) >= 11 is 0. The summed E-state index contributed by atoms with van der Waals surface area (Å²) in [7, 11) is 0. The lowest BCUT2D eigenvalue weighted by Gasteiger charge is -2.28. The summed E-state index contributed by atoms with van der Waals surface area (Å²) in [5, 5.41) is 6.03. The van der Waals surface area contributed by atoms with E-state index in [1.54, 1.807) is 12.3 Å². The third kappa shape index (κ3) is 5.64. The molecule has 1 aromatic carbocycles. The zero-order valence-corrected chi connectivity index (χ0v) is 17.7. The quantitative estimate of drug-likeness (QED) is 0.522. The van der Waals surface area contributed by atoms with Gasteiger partial charge in [0.05, 0.1) is 6.20 Å². The summed E-state index contributed by atoms with van der Waals surface area (Å²) in [4.78, 5) is 25.2. The highest BCUT2D eigenvalue weighted by Gasteiger charge is 2.25. The normalized spacial score (nSPS) is 19.2. The Bertz CT molecular complexity index is 1020. The minimum atomic E-state index is -0.643. The van der Waals surface area contributed by atoms with Gasteiger partial charge in [0.2, 0.25) is 11.9 Å². The summed E-state index contributed by atoms with van der Waals surface area (Å²) in [6, 6.07) is 13.6. The highest BCUT2D eigenvalue weighted by Crippen LogP contribution is 2.35. The molecule has 0 spiro atoms. The average molecular weight is 435 g/mol. The maximum absolute atomic E-state index is 13.0. The lowest BCUT2D eigenvalue weighted by Crippen LogP contribution is -2.37. The van der Waals surface area contributed by atoms with Crippen LogP contribution in [0.2, 0.25) is 0 Å². The third-order valence-corrected chi connectivity index (χ3v) is 5.92. The van der Waals surface area contributed by atoms with Crippen molar-refractivity contribution in [1.29, 1.82) is 0 Å². The minimum Gasteiger partial charge on any atom is -0.354 e. The first kappa shape index (κ1) is 21.8. The molecular weight excluding hydrogens is 407 g/mol. The number of hydrogen-bond acceptors (Lipinski definition) is 6. The lowest BCUT2D eigenvalue weighted by atomic mass is 9.80. The van der Waals surface area contributed by atoms with Crippen LogP contribution in [0.3, 0.4) is 0 Å². The molecule has 0 radical (unpaired) electrons. The molecule has 1 saturated carbocycles. The molecule has 0 aliphatic heterocycles. The monoisotopic (exact) mass is 434 g/mol. The van der Waals surface area contributed by atoms with Crippen LogP contribution in [0.4, 0.5) is 16.2 Å². The van der Waals surface area contributed by atoms with Crippen LogP contribution in [0.5, 0.6) is 0 Å². The SMILES string of the molecule is N[C@@H](C(=O)NCC1CCC(c2ccnc(Nc3ccc(F)cn3)n2)CC1)c1ccccc1. The van der Waals surface area contributed by atoms with Crippen LogP contribution in [0.25, 0.3) is 0 Å². The van der Waals surface area contributed by atoms with Crippen LogP contribution in [0, 0.1) is 11.7 Å². The van der Waals surface area contributed by atoms with E-state index in [1.165, 1.54) is 6.07 Å². The number of rotatable bonds is 7. The van der Waals surface area contributed by atoms with Crippen molar-refractivity contribution in [3.05, 3.63) is 78.0 Å². The molecule has 32 heavy (non-hydrogen) atoms. The topological polar surface area (TPSA) is 106 Å². The number of nitrogens with two attached hydrogens (primary N) is 1. The maximum Gasteiger partial charge on any atom is 0.241 e. The van der Waals surface area contributed by atoms with E-state index >= 15 is 0 Å². The molecule has 0 saturated heterocycles. The highest BCUT2D eigenvalue weighted by molar-refractivity contribution is 5.82. The zero-order valence-electron chi connectivity index (χ0n) is 17.7. The van der Waals surface area contributed by atoms with E-state index in [2.05, 4.69) is 25.6 Å². The number of aromatic nitrogens is 3. The van der Waals surface area contributed by atoms with Crippen molar-refractivity contribution in [3.8, 4) is 0 Å². The fourth-order valence-corrected chi connectivity index (χ4v) is 4.05. The Hall–Kier alpha value is -3.39. The summed E-state index contributed by atoms with van der Waals surface area (Å²) in [5.74, 6) is 1.20. The number of nitrogens with one attached hydrogen (secondary N) is 2. The molecule has 1 aliphatic carbocycles. The molecule has 2 aromatic heterocycles. The number of hydrogen-bond donors (Lipinski definition) is 3. The summed E-state index contributed by atoms with van der Waals surface area (Å²) in [6.07, 6.45) is 6.90. The molecule has 4 N–H and O–H groups in total. The van der Waals surface area contributed by atoms with Crippen molar-refractivity contribution in [1.82, 2.24) is 20.3 Å². The molecule has 1 atom stereocenters. The van der Waals surface area contributed by atoms with Crippen molar-refractivity contribution in [3.63, 3.8) is 0 Å². The van der Waals surface area contributed by atoms with Crippen molar-refractivity contribution < 1.29 is 9.18 Å². The van der Waals surface area contributed by atoms with Gasteiger partial charge in [-0.2, -0.15) is 0 Å². The van der Waals surface area contributed by atoms with Gasteiger partial charge < -0.3 is 16.4 Å². The molecule has 0 unspecified atom stereocenters. The second-order valence-corrected chi connectivity index (χ2v) is 8.14. The van der Waals surface area contributed by atoms with E-state index in [0.29, 0.717) is 30.1 Å². The zero-order chi connectivity index (χ0) is 22.3. The largest absolute Gasteiger partial charge is 0.354 e. The van der Waals surface area contributed by atoms with Crippen LogP contribution in [-0.4, -0.2) is 27.4 Å². The van der Waals surface area contributed by atoms with Gasteiger partial charge in [0.1, 0.15) is 17.7 Å². The Labute approximate surface area is 186 Å². The fraction of sp³-hybridized carbons (Fsp3) is 0.333. The Balaban J connectivity index is 1.26. The van der Waals surface area contributed by atoms with Gasteiger partial charge in [-0.15, -0.1) is 0 Å². The summed E-state index contributed by atoms with van der Waals surface area (Å²) < 4.78 is 13.0. The molecule has 166 valence electrons. The number of pyridine rings is 1. The van der Waals surface area contributed by atoms with Gasteiger partial charge >= 0.3 is 0 Å². The van der Waals surface area contributed by atoms with Crippen LogP contribution in [0.15, 0.2) is 60.9 Å². The maximum atomic E-state index is 13.0. The first-order valence-electron chi connectivity index (χ1n) is 10.9. The number of anilines is 2. The number of carbonyl (C=O) groups is 1. The average Bonchev–Trinajstić information content (AvgIpc) is 2.84. The number of amides is 1. The van der Waals surface area contributed by atoms with E-state index < -0.39 is 6.04 Å².